The number of nitrogens with zero attached hydrogens (tertiary/aromatic N) is 2. The molecule has 0 radical (unpaired) electrons. The summed E-state index contributed by atoms with van der Waals surface area (Å²) in [6.07, 6.45) is 1.67. The van der Waals surface area contributed by atoms with Gasteiger partial charge in [-0.25, -0.2) is 9.79 Å². The molecule has 0 N–H and O–H groups in total. The Morgan fingerprint density at radius 2 is 1.90 bits per heavy atom. The predicted molar refractivity (Wildman–Crippen MR) is 150 cm³/mol. The van der Waals surface area contributed by atoms with Gasteiger partial charge >= 0.3 is 11.9 Å². The van der Waals surface area contributed by atoms with E-state index in [1.807, 2.05) is 13.8 Å². The summed E-state index contributed by atoms with van der Waals surface area (Å²) in [7, 11) is 1.44. The lowest BCUT2D eigenvalue weighted by Gasteiger charge is -2.25. The van der Waals surface area contributed by atoms with E-state index in [1.165, 1.54) is 29.9 Å². The molecule has 204 valence electrons. The summed E-state index contributed by atoms with van der Waals surface area (Å²) >= 11 is 13.6. The maximum absolute atomic E-state index is 13.8. The SMILES string of the molecule is COc1cc(C2C(C(=O)OCC(C)C)=C(C)N=c3s/c(=C\c4ccc(Cl)cc4Cl)c(=O)n32)ccc1OC(C)=O. The Balaban J connectivity index is 1.94. The second-order valence-electron chi connectivity index (χ2n) is 9.24. The van der Waals surface area contributed by atoms with Crippen molar-refractivity contribution >= 4 is 52.6 Å². The zero-order valence-electron chi connectivity index (χ0n) is 21.9. The summed E-state index contributed by atoms with van der Waals surface area (Å²) in [6.45, 7) is 7.06. The molecule has 0 amide bonds. The van der Waals surface area contributed by atoms with Crippen LogP contribution in [0.3, 0.4) is 0 Å². The van der Waals surface area contributed by atoms with Gasteiger partial charge in [0.15, 0.2) is 16.3 Å². The van der Waals surface area contributed by atoms with Crippen LogP contribution in [0.4, 0.5) is 0 Å². The highest BCUT2D eigenvalue weighted by Gasteiger charge is 2.34. The summed E-state index contributed by atoms with van der Waals surface area (Å²) in [5.41, 5.74) is 1.45. The first kappa shape index (κ1) is 28.6. The number of methoxy groups -OCH3 is 1. The van der Waals surface area contributed by atoms with E-state index in [0.717, 1.165) is 0 Å². The molecule has 1 atom stereocenters. The van der Waals surface area contributed by atoms with E-state index in [0.29, 0.717) is 36.2 Å². The first-order valence-electron chi connectivity index (χ1n) is 12.0. The topological polar surface area (TPSA) is 96.2 Å². The fraction of sp³-hybridized carbons (Fsp3) is 0.286. The van der Waals surface area contributed by atoms with Crippen molar-refractivity contribution in [2.24, 2.45) is 10.9 Å². The van der Waals surface area contributed by atoms with Crippen LogP contribution in [0.5, 0.6) is 11.5 Å². The molecule has 0 saturated carbocycles. The molecule has 1 unspecified atom stereocenters. The van der Waals surface area contributed by atoms with E-state index in [1.54, 1.807) is 49.4 Å². The van der Waals surface area contributed by atoms with Gasteiger partial charge < -0.3 is 14.2 Å². The molecule has 4 rings (SSSR count). The van der Waals surface area contributed by atoms with Crippen molar-refractivity contribution in [3.8, 4) is 11.5 Å². The van der Waals surface area contributed by atoms with Crippen LogP contribution in [0, 0.1) is 5.92 Å². The van der Waals surface area contributed by atoms with E-state index in [2.05, 4.69) is 4.99 Å². The summed E-state index contributed by atoms with van der Waals surface area (Å²) in [4.78, 5) is 43.8. The maximum Gasteiger partial charge on any atom is 0.338 e. The molecule has 11 heteroatoms. The van der Waals surface area contributed by atoms with E-state index < -0.39 is 18.0 Å². The molecular weight excluding hydrogens is 563 g/mol. The molecule has 39 heavy (non-hydrogen) atoms. The van der Waals surface area contributed by atoms with Gasteiger partial charge in [0.2, 0.25) is 0 Å². The third-order valence-corrected chi connectivity index (χ3v) is 7.34. The third kappa shape index (κ3) is 6.11. The van der Waals surface area contributed by atoms with Crippen LogP contribution >= 0.6 is 34.5 Å². The van der Waals surface area contributed by atoms with Crippen LogP contribution in [0.2, 0.25) is 10.0 Å². The van der Waals surface area contributed by atoms with Crippen molar-refractivity contribution < 1.29 is 23.8 Å². The monoisotopic (exact) mass is 588 g/mol. The number of fused-ring (bicyclic) bond motifs is 1. The molecule has 0 bridgehead atoms. The van der Waals surface area contributed by atoms with E-state index in [4.69, 9.17) is 37.4 Å². The quantitative estimate of drug-likeness (QED) is 0.294. The molecule has 0 fully saturated rings. The number of ether oxygens (including phenoxy) is 3. The number of halogens is 2. The van der Waals surface area contributed by atoms with Gasteiger partial charge in [-0.1, -0.05) is 60.5 Å². The van der Waals surface area contributed by atoms with Crippen molar-refractivity contribution in [1.82, 2.24) is 4.57 Å². The molecule has 0 aliphatic carbocycles. The number of thiazole rings is 1. The lowest BCUT2D eigenvalue weighted by atomic mass is 9.95. The molecule has 8 nitrogen and oxygen atoms in total. The minimum absolute atomic E-state index is 0.113. The standard InChI is InChI=1S/C28H26Cl2N2O6S/c1-14(2)13-37-27(35)24-15(3)31-28-32(25(24)18-7-9-21(38-16(4)33)22(10-18)36-5)26(34)23(39-28)11-17-6-8-19(29)12-20(17)30/h6-12,14,25H,13H2,1-5H3/b23-11-. The number of esters is 2. The van der Waals surface area contributed by atoms with Gasteiger partial charge in [-0.15, -0.1) is 0 Å². The Hall–Kier alpha value is -3.40. The average Bonchev–Trinajstić information content (AvgIpc) is 3.17. The lowest BCUT2D eigenvalue weighted by Crippen LogP contribution is -2.40. The second kappa shape index (κ2) is 11.8. The fourth-order valence-corrected chi connectivity index (χ4v) is 5.57. The van der Waals surface area contributed by atoms with E-state index in [9.17, 15) is 14.4 Å². The van der Waals surface area contributed by atoms with Gasteiger partial charge in [0.05, 0.1) is 35.6 Å². The molecule has 1 aromatic heterocycles. The van der Waals surface area contributed by atoms with Crippen LogP contribution in [0.15, 0.2) is 57.5 Å². The molecule has 0 spiro atoms. The Morgan fingerprint density at radius 1 is 1.15 bits per heavy atom. The third-order valence-electron chi connectivity index (χ3n) is 5.80. The number of hydrogen-bond donors (Lipinski definition) is 0. The van der Waals surface area contributed by atoms with Crippen molar-refractivity contribution in [3.63, 3.8) is 0 Å². The van der Waals surface area contributed by atoms with E-state index in [-0.39, 0.29) is 35.2 Å². The molecule has 3 aromatic rings. The summed E-state index contributed by atoms with van der Waals surface area (Å²) in [5.74, 6) is -0.496. The van der Waals surface area contributed by atoms with Crippen molar-refractivity contribution in [3.05, 3.63) is 88.5 Å². The van der Waals surface area contributed by atoms with Crippen LogP contribution in [0.1, 0.15) is 44.9 Å². The number of allylic oxidation sites excluding steroid dienone is 1. The zero-order valence-corrected chi connectivity index (χ0v) is 24.2. The van der Waals surface area contributed by atoms with Gasteiger partial charge in [-0.2, -0.15) is 0 Å². The highest BCUT2D eigenvalue weighted by atomic mass is 35.5. The van der Waals surface area contributed by atoms with Crippen molar-refractivity contribution in [2.75, 3.05) is 13.7 Å². The minimum atomic E-state index is -0.871. The molecular formula is C28H26Cl2N2O6S. The Kier molecular flexibility index (Phi) is 8.64. The van der Waals surface area contributed by atoms with Crippen molar-refractivity contribution in [1.29, 1.82) is 0 Å². The Bertz CT molecular complexity index is 1670. The van der Waals surface area contributed by atoms with Crippen LogP contribution in [0.25, 0.3) is 6.08 Å². The van der Waals surface area contributed by atoms with Gasteiger partial charge in [0.25, 0.3) is 5.56 Å². The smallest absolute Gasteiger partial charge is 0.338 e. The van der Waals surface area contributed by atoms with E-state index >= 15 is 0 Å². The van der Waals surface area contributed by atoms with Gasteiger partial charge in [0.1, 0.15) is 0 Å². The van der Waals surface area contributed by atoms with Crippen LogP contribution < -0.4 is 24.4 Å². The summed E-state index contributed by atoms with van der Waals surface area (Å²) in [5, 5.41) is 0.870. The molecule has 2 heterocycles. The average molecular weight is 589 g/mol. The number of carbonyl (C=O) groups is 2. The van der Waals surface area contributed by atoms with Gasteiger partial charge in [-0.3, -0.25) is 14.2 Å². The van der Waals surface area contributed by atoms with Crippen molar-refractivity contribution in [2.45, 2.75) is 33.7 Å². The molecule has 2 aromatic carbocycles. The first-order valence-corrected chi connectivity index (χ1v) is 13.6. The second-order valence-corrected chi connectivity index (χ2v) is 11.1. The molecule has 0 saturated heterocycles. The van der Waals surface area contributed by atoms with Crippen LogP contribution in [-0.4, -0.2) is 30.2 Å². The highest BCUT2D eigenvalue weighted by Crippen LogP contribution is 2.36. The maximum atomic E-state index is 13.8. The number of hydrogen-bond acceptors (Lipinski definition) is 8. The van der Waals surface area contributed by atoms with Crippen LogP contribution in [-0.2, 0) is 14.3 Å². The number of rotatable bonds is 7. The lowest BCUT2D eigenvalue weighted by molar-refractivity contribution is -0.140. The van der Waals surface area contributed by atoms with Gasteiger partial charge in [-0.05, 0) is 54.3 Å². The number of benzene rings is 2. The zero-order chi connectivity index (χ0) is 28.4. The predicted octanol–water partition coefficient (Wildman–Crippen LogP) is 4.68. The Morgan fingerprint density at radius 3 is 2.54 bits per heavy atom. The normalized spacial score (nSPS) is 15.2. The van der Waals surface area contributed by atoms with Gasteiger partial charge in [0, 0.05) is 17.0 Å². The molecule has 1 aliphatic rings. The minimum Gasteiger partial charge on any atom is -0.493 e. The summed E-state index contributed by atoms with van der Waals surface area (Å²) < 4.78 is 18.1. The molecule has 1 aliphatic heterocycles. The highest BCUT2D eigenvalue weighted by molar-refractivity contribution is 7.07. The Labute approximate surface area is 238 Å². The summed E-state index contributed by atoms with van der Waals surface area (Å²) in [6, 6.07) is 8.99. The number of aromatic nitrogens is 1. The largest absolute Gasteiger partial charge is 0.493 e. The first-order chi connectivity index (χ1) is 18.5. The fourth-order valence-electron chi connectivity index (χ4n) is 4.07. The number of carbonyl (C=O) groups excluding carboxylic acids is 2.